The maximum atomic E-state index is 12.0. The van der Waals surface area contributed by atoms with Crippen molar-refractivity contribution >= 4 is 11.6 Å². The van der Waals surface area contributed by atoms with Crippen LogP contribution in [0.3, 0.4) is 0 Å². The summed E-state index contributed by atoms with van der Waals surface area (Å²) in [7, 11) is 3.28. The fraction of sp³-hybridized carbons (Fsp3) is 0.412. The molecule has 1 aliphatic heterocycles. The Labute approximate surface area is 135 Å². The quantitative estimate of drug-likeness (QED) is 0.918. The van der Waals surface area contributed by atoms with Gasteiger partial charge in [0.15, 0.2) is 0 Å². The molecule has 2 heterocycles. The van der Waals surface area contributed by atoms with E-state index < -0.39 is 0 Å². The van der Waals surface area contributed by atoms with Crippen molar-refractivity contribution in [3.05, 3.63) is 42.0 Å². The summed E-state index contributed by atoms with van der Waals surface area (Å²) in [5.41, 5.74) is 3.02. The molecule has 6 nitrogen and oxygen atoms in total. The number of nitrogens with zero attached hydrogens (tertiary/aromatic N) is 2. The van der Waals surface area contributed by atoms with Gasteiger partial charge in [-0.05, 0) is 42.5 Å². The van der Waals surface area contributed by atoms with E-state index >= 15 is 0 Å². The van der Waals surface area contributed by atoms with E-state index in [4.69, 9.17) is 9.47 Å². The second-order valence-electron chi connectivity index (χ2n) is 5.71. The van der Waals surface area contributed by atoms with Crippen LogP contribution in [0, 0.1) is 0 Å². The molecule has 1 N–H and O–H groups in total. The van der Waals surface area contributed by atoms with E-state index in [-0.39, 0.29) is 12.5 Å². The Morgan fingerprint density at radius 3 is 3.13 bits per heavy atom. The Morgan fingerprint density at radius 2 is 2.39 bits per heavy atom. The van der Waals surface area contributed by atoms with Crippen LogP contribution in [0.25, 0.3) is 0 Å². The first-order valence-corrected chi connectivity index (χ1v) is 7.69. The minimum Gasteiger partial charge on any atom is -0.493 e. The lowest BCUT2D eigenvalue weighted by atomic mass is 9.89. The topological polar surface area (TPSA) is 67.5 Å². The van der Waals surface area contributed by atoms with E-state index in [1.54, 1.807) is 18.3 Å². The summed E-state index contributed by atoms with van der Waals surface area (Å²) in [5, 5.41) is 0. The second-order valence-corrected chi connectivity index (χ2v) is 5.71. The van der Waals surface area contributed by atoms with Crippen LogP contribution in [0.4, 0.5) is 5.69 Å². The van der Waals surface area contributed by atoms with Gasteiger partial charge < -0.3 is 19.4 Å². The van der Waals surface area contributed by atoms with Gasteiger partial charge in [0.1, 0.15) is 12.4 Å². The van der Waals surface area contributed by atoms with Gasteiger partial charge in [0.2, 0.25) is 0 Å². The van der Waals surface area contributed by atoms with Crippen LogP contribution < -0.4 is 9.64 Å². The molecule has 1 amide bonds. The van der Waals surface area contributed by atoms with Crippen LogP contribution >= 0.6 is 0 Å². The number of carbonyl (C=O) groups excluding carboxylic acids is 1. The molecule has 1 aromatic carbocycles. The van der Waals surface area contributed by atoms with Crippen molar-refractivity contribution in [3.8, 4) is 5.75 Å². The monoisotopic (exact) mass is 315 g/mol. The van der Waals surface area contributed by atoms with E-state index in [2.05, 4.69) is 9.97 Å². The highest BCUT2D eigenvalue weighted by atomic mass is 16.5. The van der Waals surface area contributed by atoms with Crippen LogP contribution in [-0.4, -0.2) is 43.2 Å². The standard InChI is InChI=1S/C17H21N3O3/c1-20(17(21)10-22-2)14-3-4-16-15(8-14)12(5-6-23-16)7-13-9-18-11-19-13/h3-4,8-9,11-12H,5-7,10H2,1-2H3,(H,18,19). The Balaban J connectivity index is 1.85. The van der Waals surface area contributed by atoms with Crippen LogP contribution in [-0.2, 0) is 16.0 Å². The molecule has 2 aromatic rings. The summed E-state index contributed by atoms with van der Waals surface area (Å²) in [6.45, 7) is 0.778. The number of imidazole rings is 1. The normalized spacial score (nSPS) is 16.5. The Morgan fingerprint density at radius 1 is 1.52 bits per heavy atom. The number of hydrogen-bond acceptors (Lipinski definition) is 4. The highest BCUT2D eigenvalue weighted by Gasteiger charge is 2.24. The zero-order chi connectivity index (χ0) is 16.2. The number of nitrogens with one attached hydrogen (secondary N) is 1. The van der Waals surface area contributed by atoms with Crippen molar-refractivity contribution in [2.75, 3.05) is 32.3 Å². The van der Waals surface area contributed by atoms with Crippen molar-refractivity contribution in [3.63, 3.8) is 0 Å². The van der Waals surface area contributed by atoms with Gasteiger partial charge in [0, 0.05) is 26.0 Å². The maximum Gasteiger partial charge on any atom is 0.252 e. The second kappa shape index (κ2) is 6.83. The number of aromatic amines is 1. The van der Waals surface area contributed by atoms with Gasteiger partial charge in [-0.15, -0.1) is 0 Å². The molecular weight excluding hydrogens is 294 g/mol. The molecule has 0 spiro atoms. The third-order valence-electron chi connectivity index (χ3n) is 4.20. The molecule has 1 atom stereocenters. The molecule has 0 fully saturated rings. The number of aromatic nitrogens is 2. The molecule has 122 valence electrons. The number of ether oxygens (including phenoxy) is 2. The van der Waals surface area contributed by atoms with Crippen molar-refractivity contribution < 1.29 is 14.3 Å². The average molecular weight is 315 g/mol. The SMILES string of the molecule is COCC(=O)N(C)c1ccc2c(c1)C(Cc1c[nH]cn1)CCO2. The van der Waals surface area contributed by atoms with E-state index in [1.807, 2.05) is 24.4 Å². The van der Waals surface area contributed by atoms with E-state index in [0.717, 1.165) is 35.5 Å². The number of rotatable bonds is 5. The lowest BCUT2D eigenvalue weighted by Gasteiger charge is -2.27. The zero-order valence-corrected chi connectivity index (χ0v) is 13.4. The highest BCUT2D eigenvalue weighted by molar-refractivity contribution is 5.93. The predicted octanol–water partition coefficient (Wildman–Crippen LogP) is 2.13. The van der Waals surface area contributed by atoms with Gasteiger partial charge in [-0.2, -0.15) is 0 Å². The fourth-order valence-electron chi connectivity index (χ4n) is 2.89. The minimum atomic E-state index is -0.0759. The molecule has 0 saturated heterocycles. The Bertz CT molecular complexity index is 670. The summed E-state index contributed by atoms with van der Waals surface area (Å²) < 4.78 is 10.7. The smallest absolute Gasteiger partial charge is 0.252 e. The molecule has 1 unspecified atom stereocenters. The molecule has 23 heavy (non-hydrogen) atoms. The highest BCUT2D eigenvalue weighted by Crippen LogP contribution is 2.37. The first kappa shape index (κ1) is 15.6. The number of benzene rings is 1. The van der Waals surface area contributed by atoms with Crippen molar-refractivity contribution in [1.82, 2.24) is 9.97 Å². The molecule has 0 aliphatic carbocycles. The zero-order valence-electron chi connectivity index (χ0n) is 13.4. The van der Waals surface area contributed by atoms with E-state index in [0.29, 0.717) is 12.5 Å². The van der Waals surface area contributed by atoms with Crippen molar-refractivity contribution in [1.29, 1.82) is 0 Å². The summed E-state index contributed by atoms with van der Waals surface area (Å²) in [6, 6.07) is 5.89. The molecule has 1 aliphatic rings. The minimum absolute atomic E-state index is 0.0702. The molecule has 3 rings (SSSR count). The Hall–Kier alpha value is -2.34. The fourth-order valence-corrected chi connectivity index (χ4v) is 2.89. The number of carbonyl (C=O) groups is 1. The van der Waals surface area contributed by atoms with Crippen LogP contribution in [0.5, 0.6) is 5.75 Å². The van der Waals surface area contributed by atoms with Gasteiger partial charge >= 0.3 is 0 Å². The number of anilines is 1. The number of hydrogen-bond donors (Lipinski definition) is 1. The molecule has 1 aromatic heterocycles. The average Bonchev–Trinajstić information content (AvgIpc) is 3.07. The van der Waals surface area contributed by atoms with Gasteiger partial charge in [-0.25, -0.2) is 4.98 Å². The molecule has 6 heteroatoms. The van der Waals surface area contributed by atoms with Gasteiger partial charge in [0.25, 0.3) is 5.91 Å². The van der Waals surface area contributed by atoms with Gasteiger partial charge in [-0.1, -0.05) is 0 Å². The number of fused-ring (bicyclic) bond motifs is 1. The first-order chi connectivity index (χ1) is 11.2. The summed E-state index contributed by atoms with van der Waals surface area (Å²) in [5.74, 6) is 1.16. The molecular formula is C17H21N3O3. The number of methoxy groups -OCH3 is 1. The first-order valence-electron chi connectivity index (χ1n) is 7.69. The summed E-state index contributed by atoms with van der Waals surface area (Å²) in [6.07, 6.45) is 5.43. The van der Waals surface area contributed by atoms with Gasteiger partial charge in [0.05, 0.1) is 18.6 Å². The largest absolute Gasteiger partial charge is 0.493 e. The number of likely N-dealkylation sites (N-methyl/N-ethyl adjacent to an activating group) is 1. The van der Waals surface area contributed by atoms with E-state index in [9.17, 15) is 4.79 Å². The molecule has 0 saturated carbocycles. The van der Waals surface area contributed by atoms with Gasteiger partial charge in [-0.3, -0.25) is 4.79 Å². The van der Waals surface area contributed by atoms with Crippen molar-refractivity contribution in [2.45, 2.75) is 18.8 Å². The maximum absolute atomic E-state index is 12.0. The van der Waals surface area contributed by atoms with E-state index in [1.165, 1.54) is 7.11 Å². The Kier molecular flexibility index (Phi) is 4.62. The summed E-state index contributed by atoms with van der Waals surface area (Å²) >= 11 is 0. The summed E-state index contributed by atoms with van der Waals surface area (Å²) in [4.78, 5) is 20.9. The molecule has 0 radical (unpaired) electrons. The molecule has 0 bridgehead atoms. The lowest BCUT2D eigenvalue weighted by Crippen LogP contribution is -2.30. The number of H-pyrrole nitrogens is 1. The third-order valence-corrected chi connectivity index (χ3v) is 4.20. The van der Waals surface area contributed by atoms with Crippen molar-refractivity contribution in [2.24, 2.45) is 0 Å². The number of amides is 1. The lowest BCUT2D eigenvalue weighted by molar-refractivity contribution is -0.121. The van der Waals surface area contributed by atoms with Crippen LogP contribution in [0.1, 0.15) is 23.6 Å². The van der Waals surface area contributed by atoms with Crippen LogP contribution in [0.2, 0.25) is 0 Å². The third kappa shape index (κ3) is 3.37. The predicted molar refractivity (Wildman–Crippen MR) is 86.9 cm³/mol. The van der Waals surface area contributed by atoms with Crippen LogP contribution in [0.15, 0.2) is 30.7 Å².